The molecule has 0 radical (unpaired) electrons. The normalized spacial score (nSPS) is 14.5. The number of hydrogen-bond acceptors (Lipinski definition) is 4. The van der Waals surface area contributed by atoms with Gasteiger partial charge in [-0.1, -0.05) is 0 Å². The lowest BCUT2D eigenvalue weighted by molar-refractivity contribution is 0.103. The molecule has 0 bridgehead atoms. The number of benzene rings is 2. The van der Waals surface area contributed by atoms with Gasteiger partial charge >= 0.3 is 0 Å². The zero-order chi connectivity index (χ0) is 16.8. The van der Waals surface area contributed by atoms with Gasteiger partial charge in [0.15, 0.2) is 5.78 Å². The number of carbonyl (C=O) groups is 1. The summed E-state index contributed by atoms with van der Waals surface area (Å²) in [6.07, 6.45) is 2.59. The topological polar surface area (TPSA) is 38.8 Å². The summed E-state index contributed by atoms with van der Waals surface area (Å²) < 4.78 is 10.9. The van der Waals surface area contributed by atoms with E-state index in [0.29, 0.717) is 17.7 Å². The smallest absolute Gasteiger partial charge is 0.193 e. The van der Waals surface area contributed by atoms with E-state index in [0.717, 1.165) is 18.0 Å². The minimum Gasteiger partial charge on any atom is -0.497 e. The van der Waals surface area contributed by atoms with E-state index in [9.17, 15) is 4.79 Å². The second-order valence-electron chi connectivity index (χ2n) is 5.98. The van der Waals surface area contributed by atoms with Gasteiger partial charge in [0.1, 0.15) is 18.1 Å². The summed E-state index contributed by atoms with van der Waals surface area (Å²) in [5, 5.41) is 0. The van der Waals surface area contributed by atoms with Crippen molar-refractivity contribution < 1.29 is 14.3 Å². The van der Waals surface area contributed by atoms with Crippen LogP contribution in [0.25, 0.3) is 0 Å². The van der Waals surface area contributed by atoms with Gasteiger partial charge in [-0.3, -0.25) is 9.69 Å². The highest BCUT2D eigenvalue weighted by molar-refractivity contribution is 6.09. The molecule has 2 aromatic rings. The van der Waals surface area contributed by atoms with Crippen LogP contribution in [0.5, 0.6) is 11.5 Å². The zero-order valence-corrected chi connectivity index (χ0v) is 14.0. The molecule has 126 valence electrons. The highest BCUT2D eigenvalue weighted by Gasteiger charge is 2.11. The molecule has 0 unspecified atom stereocenters. The van der Waals surface area contributed by atoms with E-state index in [1.165, 1.54) is 25.9 Å². The largest absolute Gasteiger partial charge is 0.497 e. The molecule has 0 amide bonds. The van der Waals surface area contributed by atoms with Crippen molar-refractivity contribution in [1.82, 2.24) is 4.90 Å². The summed E-state index contributed by atoms with van der Waals surface area (Å²) in [4.78, 5) is 14.9. The number of methoxy groups -OCH3 is 1. The Hall–Kier alpha value is -2.33. The minimum atomic E-state index is 0.00118. The molecule has 24 heavy (non-hydrogen) atoms. The predicted molar refractivity (Wildman–Crippen MR) is 94.0 cm³/mol. The summed E-state index contributed by atoms with van der Waals surface area (Å²) in [6.45, 7) is 4.01. The molecular weight excluding hydrogens is 302 g/mol. The Morgan fingerprint density at radius 1 is 0.917 bits per heavy atom. The Labute approximate surface area is 143 Å². The van der Waals surface area contributed by atoms with Crippen LogP contribution < -0.4 is 9.47 Å². The van der Waals surface area contributed by atoms with Crippen molar-refractivity contribution in [3.63, 3.8) is 0 Å². The van der Waals surface area contributed by atoms with Crippen LogP contribution >= 0.6 is 0 Å². The average molecular weight is 325 g/mol. The van der Waals surface area contributed by atoms with Crippen molar-refractivity contribution in [3.05, 3.63) is 59.7 Å². The first kappa shape index (κ1) is 16.5. The number of nitrogens with zero attached hydrogens (tertiary/aromatic N) is 1. The maximum Gasteiger partial charge on any atom is 0.193 e. The molecule has 1 saturated heterocycles. The summed E-state index contributed by atoms with van der Waals surface area (Å²) in [7, 11) is 1.61. The molecule has 0 spiro atoms. The minimum absolute atomic E-state index is 0.00118. The number of ether oxygens (including phenoxy) is 2. The Morgan fingerprint density at radius 3 is 2.00 bits per heavy atom. The molecule has 4 nitrogen and oxygen atoms in total. The molecule has 2 aromatic carbocycles. The molecule has 1 fully saturated rings. The first-order valence-electron chi connectivity index (χ1n) is 8.40. The van der Waals surface area contributed by atoms with Crippen LogP contribution in [-0.4, -0.2) is 44.0 Å². The second-order valence-corrected chi connectivity index (χ2v) is 5.98. The Bertz CT molecular complexity index is 658. The third kappa shape index (κ3) is 4.15. The summed E-state index contributed by atoms with van der Waals surface area (Å²) >= 11 is 0. The van der Waals surface area contributed by atoms with E-state index in [1.807, 2.05) is 24.3 Å². The maximum absolute atomic E-state index is 12.5. The highest BCUT2D eigenvalue weighted by atomic mass is 16.5. The second kappa shape index (κ2) is 7.97. The number of carbonyl (C=O) groups excluding carboxylic acids is 1. The van der Waals surface area contributed by atoms with Crippen molar-refractivity contribution in [1.29, 1.82) is 0 Å². The first-order valence-corrected chi connectivity index (χ1v) is 8.40. The molecule has 3 rings (SSSR count). The molecule has 4 heteroatoms. The molecule has 0 atom stereocenters. The SMILES string of the molecule is COc1ccc(C(=O)c2ccc(OCCN3CCCC3)cc2)cc1. The molecule has 0 saturated carbocycles. The number of likely N-dealkylation sites (tertiary alicyclic amines) is 1. The third-order valence-electron chi connectivity index (χ3n) is 4.34. The lowest BCUT2D eigenvalue weighted by Gasteiger charge is -2.15. The van der Waals surface area contributed by atoms with Crippen LogP contribution in [-0.2, 0) is 0 Å². The maximum atomic E-state index is 12.5. The van der Waals surface area contributed by atoms with Crippen LogP contribution in [0.15, 0.2) is 48.5 Å². The van der Waals surface area contributed by atoms with Crippen molar-refractivity contribution >= 4 is 5.78 Å². The molecule has 1 aliphatic rings. The quantitative estimate of drug-likeness (QED) is 0.731. The third-order valence-corrected chi connectivity index (χ3v) is 4.34. The lowest BCUT2D eigenvalue weighted by atomic mass is 10.0. The van der Waals surface area contributed by atoms with Gasteiger partial charge in [0.25, 0.3) is 0 Å². The molecule has 0 N–H and O–H groups in total. The highest BCUT2D eigenvalue weighted by Crippen LogP contribution is 2.18. The summed E-state index contributed by atoms with van der Waals surface area (Å²) in [5.41, 5.74) is 1.31. The molecular formula is C20H23NO3. The number of hydrogen-bond donors (Lipinski definition) is 0. The van der Waals surface area contributed by atoms with Crippen molar-refractivity contribution in [2.75, 3.05) is 33.4 Å². The summed E-state index contributed by atoms with van der Waals surface area (Å²) in [5.74, 6) is 1.55. The first-order chi connectivity index (χ1) is 11.8. The van der Waals surface area contributed by atoms with Crippen molar-refractivity contribution in [3.8, 4) is 11.5 Å². The van der Waals surface area contributed by atoms with Gasteiger partial charge < -0.3 is 9.47 Å². The van der Waals surface area contributed by atoms with Crippen LogP contribution in [0.2, 0.25) is 0 Å². The standard InChI is InChI=1S/C20H23NO3/c1-23-18-8-4-16(5-9-18)20(22)17-6-10-19(11-7-17)24-15-14-21-12-2-3-13-21/h4-11H,2-3,12-15H2,1H3. The Balaban J connectivity index is 1.55. The van der Waals surface area contributed by atoms with Crippen LogP contribution in [0.1, 0.15) is 28.8 Å². The van der Waals surface area contributed by atoms with Crippen molar-refractivity contribution in [2.45, 2.75) is 12.8 Å². The van der Waals surface area contributed by atoms with E-state index in [2.05, 4.69) is 4.90 Å². The average Bonchev–Trinajstić information content (AvgIpc) is 3.15. The van der Waals surface area contributed by atoms with Crippen LogP contribution in [0.4, 0.5) is 0 Å². The van der Waals surface area contributed by atoms with Gasteiger partial charge in [-0.2, -0.15) is 0 Å². The zero-order valence-electron chi connectivity index (χ0n) is 14.0. The molecule has 1 aliphatic heterocycles. The monoisotopic (exact) mass is 325 g/mol. The number of rotatable bonds is 7. The van der Waals surface area contributed by atoms with E-state index >= 15 is 0 Å². The predicted octanol–water partition coefficient (Wildman–Crippen LogP) is 3.40. The Morgan fingerprint density at radius 2 is 1.46 bits per heavy atom. The van der Waals surface area contributed by atoms with E-state index in [4.69, 9.17) is 9.47 Å². The van der Waals surface area contributed by atoms with Gasteiger partial charge in [0.2, 0.25) is 0 Å². The van der Waals surface area contributed by atoms with Gasteiger partial charge in [0.05, 0.1) is 7.11 Å². The molecule has 0 aliphatic carbocycles. The van der Waals surface area contributed by atoms with E-state index < -0.39 is 0 Å². The molecule has 1 heterocycles. The van der Waals surface area contributed by atoms with Gasteiger partial charge in [-0.25, -0.2) is 0 Å². The summed E-state index contributed by atoms with van der Waals surface area (Å²) in [6, 6.07) is 14.5. The van der Waals surface area contributed by atoms with E-state index in [1.54, 1.807) is 31.4 Å². The fraction of sp³-hybridized carbons (Fsp3) is 0.350. The lowest BCUT2D eigenvalue weighted by Crippen LogP contribution is -2.25. The fourth-order valence-electron chi connectivity index (χ4n) is 2.91. The van der Waals surface area contributed by atoms with Crippen LogP contribution in [0, 0.1) is 0 Å². The van der Waals surface area contributed by atoms with Gasteiger partial charge in [-0.05, 0) is 74.5 Å². The van der Waals surface area contributed by atoms with Crippen LogP contribution in [0.3, 0.4) is 0 Å². The van der Waals surface area contributed by atoms with Gasteiger partial charge in [0, 0.05) is 17.7 Å². The van der Waals surface area contributed by atoms with Gasteiger partial charge in [-0.15, -0.1) is 0 Å². The van der Waals surface area contributed by atoms with Crippen molar-refractivity contribution in [2.24, 2.45) is 0 Å². The van der Waals surface area contributed by atoms with E-state index in [-0.39, 0.29) is 5.78 Å². The molecule has 0 aromatic heterocycles. The fourth-order valence-corrected chi connectivity index (χ4v) is 2.91. The number of ketones is 1. The Kier molecular flexibility index (Phi) is 5.49.